The van der Waals surface area contributed by atoms with Crippen LogP contribution >= 0.6 is 11.6 Å². The Hall–Kier alpha value is -5.46. The van der Waals surface area contributed by atoms with Gasteiger partial charge in [-0.25, -0.2) is 9.97 Å². The number of anilines is 3. The molecule has 0 atom stereocenters. The average molecular weight is 667 g/mol. The predicted octanol–water partition coefficient (Wildman–Crippen LogP) is 5.62. The maximum Gasteiger partial charge on any atom is 0.291 e. The molecule has 12 nitrogen and oxygen atoms in total. The number of hydrogen-bond acceptors (Lipinski definition) is 9. The number of halogens is 1. The molecule has 6 rings (SSSR count). The molecule has 0 radical (unpaired) electrons. The van der Waals surface area contributed by atoms with E-state index >= 15 is 0 Å². The molecule has 0 bridgehead atoms. The number of rotatable bonds is 10. The first-order valence-corrected chi connectivity index (χ1v) is 15.7. The average Bonchev–Trinajstić information content (AvgIpc) is 3.45. The van der Waals surface area contributed by atoms with E-state index in [1.165, 1.54) is 0 Å². The zero-order valence-electron chi connectivity index (χ0n) is 27.0. The summed E-state index contributed by atoms with van der Waals surface area (Å²) in [6.07, 6.45) is 4.07. The Morgan fingerprint density at radius 2 is 1.75 bits per heavy atom. The molecule has 2 amide bonds. The molecule has 1 aliphatic heterocycles. The highest BCUT2D eigenvalue weighted by molar-refractivity contribution is 6.36. The van der Waals surface area contributed by atoms with Crippen molar-refractivity contribution in [1.29, 1.82) is 0 Å². The Morgan fingerprint density at radius 3 is 2.52 bits per heavy atom. The Morgan fingerprint density at radius 1 is 0.979 bits per heavy atom. The second-order valence-corrected chi connectivity index (χ2v) is 11.6. The molecule has 5 aromatic rings. The fraction of sp³-hybridized carbons (Fsp3) is 0.229. The van der Waals surface area contributed by atoms with Crippen LogP contribution < -0.4 is 30.7 Å². The van der Waals surface area contributed by atoms with Crippen LogP contribution in [0.5, 0.6) is 11.6 Å². The van der Waals surface area contributed by atoms with Gasteiger partial charge >= 0.3 is 0 Å². The van der Waals surface area contributed by atoms with Crippen molar-refractivity contribution in [2.75, 3.05) is 36.7 Å². The third-order valence-corrected chi connectivity index (χ3v) is 8.68. The smallest absolute Gasteiger partial charge is 0.291 e. The second kappa shape index (κ2) is 14.1. The van der Waals surface area contributed by atoms with Gasteiger partial charge in [-0.15, -0.1) is 0 Å². The summed E-state index contributed by atoms with van der Waals surface area (Å²) in [7, 11) is 4.96. The molecule has 0 spiro atoms. The van der Waals surface area contributed by atoms with Crippen LogP contribution in [0.2, 0.25) is 5.02 Å². The largest absolute Gasteiger partial charge is 0.496 e. The molecule has 0 fully saturated rings. The van der Waals surface area contributed by atoms with Crippen LogP contribution in [0.3, 0.4) is 0 Å². The molecule has 3 aromatic heterocycles. The molecule has 4 N–H and O–H groups in total. The number of hydrogen-bond donors (Lipinski definition) is 4. The summed E-state index contributed by atoms with van der Waals surface area (Å²) in [5.41, 5.74) is 7.06. The fourth-order valence-electron chi connectivity index (χ4n) is 5.66. The molecule has 13 heteroatoms. The molecule has 0 unspecified atom stereocenters. The number of nitrogens with zero attached hydrogens (tertiary/aromatic N) is 4. The third kappa shape index (κ3) is 6.66. The molecule has 4 heterocycles. The van der Waals surface area contributed by atoms with Gasteiger partial charge in [0.1, 0.15) is 11.4 Å². The molecule has 0 aliphatic carbocycles. The summed E-state index contributed by atoms with van der Waals surface area (Å²) >= 11 is 6.89. The number of carbonyl (C=O) groups is 2. The van der Waals surface area contributed by atoms with Gasteiger partial charge in [-0.1, -0.05) is 35.9 Å². The molecule has 246 valence electrons. The fourth-order valence-corrected chi connectivity index (χ4v) is 5.94. The van der Waals surface area contributed by atoms with E-state index in [-0.39, 0.29) is 11.6 Å². The van der Waals surface area contributed by atoms with Crippen molar-refractivity contribution in [3.63, 3.8) is 0 Å². The van der Waals surface area contributed by atoms with E-state index in [1.54, 1.807) is 44.8 Å². The van der Waals surface area contributed by atoms with Crippen molar-refractivity contribution in [3.05, 3.63) is 106 Å². The van der Waals surface area contributed by atoms with E-state index in [0.717, 1.165) is 46.7 Å². The number of ether oxygens (including phenoxy) is 2. The molecule has 2 aromatic carbocycles. The zero-order chi connectivity index (χ0) is 33.8. The second-order valence-electron chi connectivity index (χ2n) is 11.2. The van der Waals surface area contributed by atoms with Crippen LogP contribution in [0.1, 0.15) is 43.6 Å². The van der Waals surface area contributed by atoms with E-state index < -0.39 is 5.91 Å². The van der Waals surface area contributed by atoms with Crippen LogP contribution in [0, 0.1) is 6.92 Å². The van der Waals surface area contributed by atoms with Crippen molar-refractivity contribution in [2.45, 2.75) is 26.4 Å². The Balaban J connectivity index is 1.18. The van der Waals surface area contributed by atoms with Crippen molar-refractivity contribution < 1.29 is 19.1 Å². The number of methoxy groups -OCH3 is 2. The third-order valence-electron chi connectivity index (χ3n) is 8.27. The van der Waals surface area contributed by atoms with Crippen molar-refractivity contribution >= 4 is 40.5 Å². The van der Waals surface area contributed by atoms with Gasteiger partial charge in [-0.2, -0.15) is 0 Å². The van der Waals surface area contributed by atoms with Crippen LogP contribution in [0.25, 0.3) is 11.1 Å². The first-order chi connectivity index (χ1) is 23.3. The number of fused-ring (bicyclic) bond motifs is 1. The quantitative estimate of drug-likeness (QED) is 0.149. The molecular formula is C35H35ClN8O4. The minimum Gasteiger partial charge on any atom is -0.496 e. The SMILES string of the molecule is COc1cc(NCc2cnc(C(=O)Nc3cccc(-c4cccc(NC(=O)c5nc6c(n5C)CCNC6)c4Cl)c3C)cc2OC)ccn1. The number of benzene rings is 2. The highest BCUT2D eigenvalue weighted by Crippen LogP contribution is 2.38. The maximum absolute atomic E-state index is 13.4. The summed E-state index contributed by atoms with van der Waals surface area (Å²) in [4.78, 5) is 39.7. The number of pyridine rings is 2. The van der Waals surface area contributed by atoms with Gasteiger partial charge < -0.3 is 35.3 Å². The normalized spacial score (nSPS) is 12.2. The highest BCUT2D eigenvalue weighted by atomic mass is 35.5. The Kier molecular flexibility index (Phi) is 9.55. The van der Waals surface area contributed by atoms with Gasteiger partial charge in [0.25, 0.3) is 11.8 Å². The molecular weight excluding hydrogens is 632 g/mol. The summed E-state index contributed by atoms with van der Waals surface area (Å²) < 4.78 is 12.6. The molecule has 0 saturated carbocycles. The Bertz CT molecular complexity index is 2010. The van der Waals surface area contributed by atoms with Gasteiger partial charge in [0.2, 0.25) is 5.88 Å². The number of amides is 2. The number of aromatic nitrogens is 4. The van der Waals surface area contributed by atoms with Crippen molar-refractivity contribution in [1.82, 2.24) is 24.8 Å². The minimum atomic E-state index is -0.396. The summed E-state index contributed by atoms with van der Waals surface area (Å²) in [5.74, 6) is 0.602. The first-order valence-electron chi connectivity index (χ1n) is 15.3. The van der Waals surface area contributed by atoms with Gasteiger partial charge in [-0.3, -0.25) is 14.6 Å². The molecule has 1 aliphatic rings. The van der Waals surface area contributed by atoms with Crippen LogP contribution in [-0.2, 0) is 26.6 Å². The van der Waals surface area contributed by atoms with E-state index in [9.17, 15) is 9.59 Å². The predicted molar refractivity (Wildman–Crippen MR) is 185 cm³/mol. The van der Waals surface area contributed by atoms with E-state index in [1.807, 2.05) is 54.9 Å². The lowest BCUT2D eigenvalue weighted by molar-refractivity contribution is 0.100. The number of nitrogens with one attached hydrogen (secondary N) is 4. The van der Waals surface area contributed by atoms with E-state index in [0.29, 0.717) is 52.5 Å². The number of imidazole rings is 1. The summed E-state index contributed by atoms with van der Waals surface area (Å²) in [6, 6.07) is 16.2. The summed E-state index contributed by atoms with van der Waals surface area (Å²) in [5, 5.41) is 12.9. The van der Waals surface area contributed by atoms with Crippen molar-refractivity contribution in [3.8, 4) is 22.8 Å². The standard InChI is InChI=1S/C35H35ClN8O4/c1-20-23(24-8-6-10-26(32(24)36)43-35(46)33-41-28-19-37-13-12-29(28)44(33)2)7-5-9-25(20)42-34(45)27-16-30(47-3)21(18-40-27)17-39-22-11-14-38-31(15-22)48-4/h5-11,14-16,18,37H,12-13,17,19H2,1-4H3,(H,38,39)(H,42,45)(H,43,46). The highest BCUT2D eigenvalue weighted by Gasteiger charge is 2.23. The number of carbonyl (C=O) groups excluding carboxylic acids is 2. The first kappa shape index (κ1) is 32.5. The lowest BCUT2D eigenvalue weighted by Crippen LogP contribution is -2.24. The van der Waals surface area contributed by atoms with Gasteiger partial charge in [-0.05, 0) is 36.2 Å². The lowest BCUT2D eigenvalue weighted by atomic mass is 9.98. The molecule has 48 heavy (non-hydrogen) atoms. The minimum absolute atomic E-state index is 0.195. The van der Waals surface area contributed by atoms with E-state index in [4.69, 9.17) is 21.1 Å². The van der Waals surface area contributed by atoms with Crippen LogP contribution in [-0.4, -0.2) is 52.1 Å². The zero-order valence-corrected chi connectivity index (χ0v) is 27.7. The monoisotopic (exact) mass is 666 g/mol. The summed E-state index contributed by atoms with van der Waals surface area (Å²) in [6.45, 7) is 3.79. The molecule has 0 saturated heterocycles. The van der Waals surface area contributed by atoms with E-state index in [2.05, 4.69) is 36.2 Å². The van der Waals surface area contributed by atoms with Gasteiger partial charge in [0, 0.05) is 85.8 Å². The maximum atomic E-state index is 13.4. The van der Waals surface area contributed by atoms with Crippen molar-refractivity contribution in [2.24, 2.45) is 7.05 Å². The lowest BCUT2D eigenvalue weighted by Gasteiger charge is -2.16. The van der Waals surface area contributed by atoms with Gasteiger partial charge in [0.15, 0.2) is 5.82 Å². The van der Waals surface area contributed by atoms with Gasteiger partial charge in [0.05, 0.1) is 30.6 Å². The van der Waals surface area contributed by atoms with Crippen LogP contribution in [0.15, 0.2) is 67.0 Å². The van der Waals surface area contributed by atoms with Crippen LogP contribution in [0.4, 0.5) is 17.1 Å². The topological polar surface area (TPSA) is 144 Å². The Labute approximate surface area is 282 Å².